The van der Waals surface area contributed by atoms with Crippen LogP contribution in [0, 0.1) is 11.7 Å². The maximum Gasteiger partial charge on any atom is 0.246 e. The number of amides is 1. The number of morpholine rings is 1. The van der Waals surface area contributed by atoms with Gasteiger partial charge < -0.3 is 10.1 Å². The first-order chi connectivity index (χ1) is 10.8. The molecule has 1 fully saturated rings. The van der Waals surface area contributed by atoms with Crippen molar-refractivity contribution in [2.75, 3.05) is 31.6 Å². The number of hydrogen-bond acceptors (Lipinski definition) is 4. The van der Waals surface area contributed by atoms with Crippen molar-refractivity contribution in [3.05, 3.63) is 24.0 Å². The summed E-state index contributed by atoms with van der Waals surface area (Å²) in [6, 6.07) is 3.57. The number of carbonyl (C=O) groups excluding carboxylic acids is 1. The molecule has 1 aromatic carbocycles. The topological polar surface area (TPSA) is 75.7 Å². The monoisotopic (exact) mass is 344 g/mol. The van der Waals surface area contributed by atoms with Crippen LogP contribution in [0.3, 0.4) is 0 Å². The molecule has 1 amide bonds. The Morgan fingerprint density at radius 2 is 2.00 bits per heavy atom. The van der Waals surface area contributed by atoms with E-state index in [-0.39, 0.29) is 43.8 Å². The molecule has 0 spiro atoms. The molecule has 2 rings (SSSR count). The summed E-state index contributed by atoms with van der Waals surface area (Å²) in [5.41, 5.74) is 0.267. The van der Waals surface area contributed by atoms with E-state index < -0.39 is 20.7 Å². The molecule has 23 heavy (non-hydrogen) atoms. The van der Waals surface area contributed by atoms with E-state index >= 15 is 0 Å². The highest BCUT2D eigenvalue weighted by Gasteiger charge is 2.29. The fourth-order valence-electron chi connectivity index (χ4n) is 2.29. The molecule has 1 heterocycles. The predicted octanol–water partition coefficient (Wildman–Crippen LogP) is 1.83. The first kappa shape index (κ1) is 17.8. The molecule has 0 aliphatic carbocycles. The van der Waals surface area contributed by atoms with Crippen molar-refractivity contribution in [2.45, 2.75) is 25.2 Å². The number of halogens is 1. The number of anilines is 1. The maximum atomic E-state index is 14.0. The van der Waals surface area contributed by atoms with Crippen LogP contribution in [0.25, 0.3) is 0 Å². The second-order valence-corrected chi connectivity index (χ2v) is 7.71. The van der Waals surface area contributed by atoms with Gasteiger partial charge >= 0.3 is 0 Å². The first-order valence-electron chi connectivity index (χ1n) is 7.48. The zero-order valence-corrected chi connectivity index (χ0v) is 14.0. The van der Waals surface area contributed by atoms with Crippen LogP contribution in [0.15, 0.2) is 23.1 Å². The summed E-state index contributed by atoms with van der Waals surface area (Å²) in [7, 11) is -3.95. The third kappa shape index (κ3) is 4.49. The third-order valence-corrected chi connectivity index (χ3v) is 5.31. The summed E-state index contributed by atoms with van der Waals surface area (Å²) in [4.78, 5) is 11.4. The van der Waals surface area contributed by atoms with Gasteiger partial charge in [0, 0.05) is 25.2 Å². The Hall–Kier alpha value is -1.51. The molecule has 128 valence electrons. The average Bonchev–Trinajstić information content (AvgIpc) is 2.49. The number of rotatable bonds is 5. The van der Waals surface area contributed by atoms with Crippen LogP contribution in [0.2, 0.25) is 0 Å². The normalized spacial score (nSPS) is 16.5. The van der Waals surface area contributed by atoms with Gasteiger partial charge in [-0.15, -0.1) is 0 Å². The highest BCUT2D eigenvalue weighted by Crippen LogP contribution is 2.24. The Bertz CT molecular complexity index is 670. The van der Waals surface area contributed by atoms with Gasteiger partial charge in [0.05, 0.1) is 13.2 Å². The first-order valence-corrected chi connectivity index (χ1v) is 8.92. The number of nitrogens with zero attached hydrogens (tertiary/aromatic N) is 1. The van der Waals surface area contributed by atoms with Gasteiger partial charge in [0.1, 0.15) is 10.7 Å². The molecule has 0 aromatic heterocycles. The maximum absolute atomic E-state index is 14.0. The minimum absolute atomic E-state index is 0.173. The Labute approximate surface area is 135 Å². The van der Waals surface area contributed by atoms with Crippen LogP contribution in [0.1, 0.15) is 20.3 Å². The molecule has 1 aliphatic heterocycles. The summed E-state index contributed by atoms with van der Waals surface area (Å²) in [5, 5.41) is 2.60. The van der Waals surface area contributed by atoms with Crippen molar-refractivity contribution >= 4 is 21.6 Å². The number of hydrogen-bond donors (Lipinski definition) is 1. The third-order valence-electron chi connectivity index (χ3n) is 3.40. The number of sulfonamides is 1. The molecule has 1 saturated heterocycles. The minimum Gasteiger partial charge on any atom is -0.379 e. The summed E-state index contributed by atoms with van der Waals surface area (Å²) in [5.74, 6) is -0.897. The van der Waals surface area contributed by atoms with E-state index in [0.29, 0.717) is 6.42 Å². The number of ether oxygens (including phenoxy) is 1. The fraction of sp³-hybridized carbons (Fsp3) is 0.533. The van der Waals surface area contributed by atoms with E-state index in [1.807, 2.05) is 13.8 Å². The van der Waals surface area contributed by atoms with Crippen molar-refractivity contribution in [3.63, 3.8) is 0 Å². The quantitative estimate of drug-likeness (QED) is 0.884. The average molecular weight is 344 g/mol. The molecular formula is C15H21FN2O4S. The molecule has 8 heteroatoms. The fourth-order valence-corrected chi connectivity index (χ4v) is 3.79. The lowest BCUT2D eigenvalue weighted by Gasteiger charge is -2.26. The molecule has 0 bridgehead atoms. The Balaban J connectivity index is 2.24. The van der Waals surface area contributed by atoms with Crippen molar-refractivity contribution in [2.24, 2.45) is 5.92 Å². The van der Waals surface area contributed by atoms with E-state index in [1.54, 1.807) is 0 Å². The Kier molecular flexibility index (Phi) is 5.72. The van der Waals surface area contributed by atoms with Crippen molar-refractivity contribution in [1.29, 1.82) is 0 Å². The Morgan fingerprint density at radius 1 is 1.35 bits per heavy atom. The van der Waals surface area contributed by atoms with Crippen molar-refractivity contribution in [1.82, 2.24) is 4.31 Å². The van der Waals surface area contributed by atoms with Crippen LogP contribution in [0.5, 0.6) is 0 Å². The van der Waals surface area contributed by atoms with Gasteiger partial charge in [-0.3, -0.25) is 4.79 Å². The lowest BCUT2D eigenvalue weighted by molar-refractivity contribution is -0.116. The van der Waals surface area contributed by atoms with Gasteiger partial charge in [0.25, 0.3) is 0 Å². The van der Waals surface area contributed by atoms with Crippen molar-refractivity contribution in [3.8, 4) is 0 Å². The van der Waals surface area contributed by atoms with Crippen LogP contribution in [-0.2, 0) is 19.6 Å². The lowest BCUT2D eigenvalue weighted by atomic mass is 10.1. The molecular weight excluding hydrogens is 323 g/mol. The van der Waals surface area contributed by atoms with E-state index in [9.17, 15) is 17.6 Å². The highest BCUT2D eigenvalue weighted by atomic mass is 32.2. The van der Waals surface area contributed by atoms with Gasteiger partial charge in [-0.1, -0.05) is 13.8 Å². The zero-order chi connectivity index (χ0) is 17.0. The molecule has 0 atom stereocenters. The SMILES string of the molecule is CC(C)CC(=O)Nc1ccc(F)c(S(=O)(=O)N2CCOCC2)c1. The minimum atomic E-state index is -3.95. The van der Waals surface area contributed by atoms with Crippen LogP contribution < -0.4 is 5.32 Å². The number of carbonyl (C=O) groups is 1. The summed E-state index contributed by atoms with van der Waals surface area (Å²) < 4.78 is 45.4. The molecule has 0 saturated carbocycles. The largest absolute Gasteiger partial charge is 0.379 e. The number of benzene rings is 1. The zero-order valence-electron chi connectivity index (χ0n) is 13.2. The smallest absolute Gasteiger partial charge is 0.246 e. The second-order valence-electron chi connectivity index (χ2n) is 5.81. The molecule has 1 aliphatic rings. The van der Waals surface area contributed by atoms with Crippen molar-refractivity contribution < 1.29 is 22.3 Å². The standard InChI is InChI=1S/C15H21FN2O4S/c1-11(2)9-15(19)17-12-3-4-13(16)14(10-12)23(20,21)18-5-7-22-8-6-18/h3-4,10-11H,5-9H2,1-2H3,(H,17,19). The van der Waals surface area contributed by atoms with E-state index in [2.05, 4.69) is 5.32 Å². The van der Waals surface area contributed by atoms with Gasteiger partial charge in [-0.2, -0.15) is 4.31 Å². The van der Waals surface area contributed by atoms with E-state index in [0.717, 1.165) is 6.07 Å². The molecule has 1 aromatic rings. The summed E-state index contributed by atoms with van der Waals surface area (Å²) >= 11 is 0. The Morgan fingerprint density at radius 3 is 2.61 bits per heavy atom. The second kappa shape index (κ2) is 7.37. The van der Waals surface area contributed by atoms with Gasteiger partial charge in [0.15, 0.2) is 0 Å². The van der Waals surface area contributed by atoms with Gasteiger partial charge in [0.2, 0.25) is 15.9 Å². The van der Waals surface area contributed by atoms with E-state index in [1.165, 1.54) is 16.4 Å². The predicted molar refractivity (Wildman–Crippen MR) is 84.1 cm³/mol. The van der Waals surface area contributed by atoms with Gasteiger partial charge in [-0.25, -0.2) is 12.8 Å². The van der Waals surface area contributed by atoms with Gasteiger partial charge in [-0.05, 0) is 24.1 Å². The molecule has 1 N–H and O–H groups in total. The molecule has 0 radical (unpaired) electrons. The molecule has 6 nitrogen and oxygen atoms in total. The lowest BCUT2D eigenvalue weighted by Crippen LogP contribution is -2.40. The van der Waals surface area contributed by atoms with Crippen LogP contribution in [-0.4, -0.2) is 44.9 Å². The summed E-state index contributed by atoms with van der Waals surface area (Å²) in [6.45, 7) is 4.74. The molecule has 0 unspecified atom stereocenters. The number of nitrogens with one attached hydrogen (secondary N) is 1. The summed E-state index contributed by atoms with van der Waals surface area (Å²) in [6.07, 6.45) is 0.308. The van der Waals surface area contributed by atoms with E-state index in [4.69, 9.17) is 4.74 Å². The van der Waals surface area contributed by atoms with Crippen LogP contribution in [0.4, 0.5) is 10.1 Å². The highest BCUT2D eigenvalue weighted by molar-refractivity contribution is 7.89. The van der Waals surface area contributed by atoms with Crippen LogP contribution >= 0.6 is 0 Å².